The maximum atomic E-state index is 5.17. The first-order valence-electron chi connectivity index (χ1n) is 5.20. The van der Waals surface area contributed by atoms with E-state index in [1.54, 1.807) is 0 Å². The molecule has 0 radical (unpaired) electrons. The van der Waals surface area contributed by atoms with Crippen molar-refractivity contribution >= 4 is 0 Å². The first-order chi connectivity index (χ1) is 6.41. The fourth-order valence-corrected chi connectivity index (χ4v) is 1.29. The van der Waals surface area contributed by atoms with Gasteiger partial charge in [-0.05, 0) is 20.8 Å². The highest BCUT2D eigenvalue weighted by Crippen LogP contribution is 2.24. The second-order valence-electron chi connectivity index (χ2n) is 5.46. The second-order valence-corrected chi connectivity index (χ2v) is 5.46. The summed E-state index contributed by atoms with van der Waals surface area (Å²) in [6, 6.07) is 0. The highest BCUT2D eigenvalue weighted by molar-refractivity contribution is 5.08. The highest BCUT2D eigenvalue weighted by Gasteiger charge is 2.32. The van der Waals surface area contributed by atoms with Crippen molar-refractivity contribution in [3.8, 4) is 11.8 Å². The Morgan fingerprint density at radius 3 is 2.43 bits per heavy atom. The van der Waals surface area contributed by atoms with Crippen molar-refractivity contribution in [1.82, 2.24) is 5.32 Å². The third-order valence-electron chi connectivity index (χ3n) is 2.13. The molecule has 1 fully saturated rings. The molecule has 0 spiro atoms. The Hall–Kier alpha value is -0.520. The molecule has 14 heavy (non-hydrogen) atoms. The van der Waals surface area contributed by atoms with Crippen LogP contribution in [0.2, 0.25) is 0 Å². The molecular formula is C12H21NO. The number of nitrogens with one attached hydrogen (secondary N) is 1. The molecule has 1 aliphatic rings. The van der Waals surface area contributed by atoms with Gasteiger partial charge in [-0.2, -0.15) is 0 Å². The molecule has 0 saturated carbocycles. The van der Waals surface area contributed by atoms with E-state index in [0.29, 0.717) is 5.41 Å². The standard InChI is InChI=1S/C12H21NO/c1-11(2,3)6-5-7-13-8-12(4)9-14-10-12/h13H,7-10H2,1-4H3. The normalized spacial score (nSPS) is 19.4. The molecule has 0 aromatic carbocycles. The number of ether oxygens (including phenoxy) is 1. The van der Waals surface area contributed by atoms with Crippen LogP contribution < -0.4 is 5.32 Å². The number of hydrogen-bond acceptors (Lipinski definition) is 2. The summed E-state index contributed by atoms with van der Waals surface area (Å²) in [5.41, 5.74) is 0.467. The topological polar surface area (TPSA) is 21.3 Å². The molecule has 0 aromatic rings. The van der Waals surface area contributed by atoms with Crippen molar-refractivity contribution in [3.05, 3.63) is 0 Å². The second kappa shape index (κ2) is 4.33. The third-order valence-corrected chi connectivity index (χ3v) is 2.13. The summed E-state index contributed by atoms with van der Waals surface area (Å²) in [5, 5.41) is 3.35. The number of rotatable bonds is 3. The van der Waals surface area contributed by atoms with E-state index in [-0.39, 0.29) is 5.41 Å². The average Bonchev–Trinajstić information content (AvgIpc) is 1.98. The van der Waals surface area contributed by atoms with Crippen LogP contribution in [0.1, 0.15) is 27.7 Å². The Kier molecular flexibility index (Phi) is 3.58. The molecule has 0 amide bonds. The van der Waals surface area contributed by atoms with Gasteiger partial charge in [-0.1, -0.05) is 18.8 Å². The molecule has 0 aliphatic carbocycles. The first-order valence-corrected chi connectivity index (χ1v) is 5.20. The SMILES string of the molecule is CC(C)(C)C#CCNCC1(C)COC1. The molecule has 1 rings (SSSR count). The molecule has 0 unspecified atom stereocenters. The van der Waals surface area contributed by atoms with Gasteiger partial charge in [0.1, 0.15) is 0 Å². The maximum Gasteiger partial charge on any atom is 0.0576 e. The molecule has 1 heterocycles. The Labute approximate surface area is 87.4 Å². The molecule has 0 aromatic heterocycles. The van der Waals surface area contributed by atoms with Crippen LogP contribution in [0.5, 0.6) is 0 Å². The summed E-state index contributed by atoms with van der Waals surface area (Å²) < 4.78 is 5.17. The molecular weight excluding hydrogens is 174 g/mol. The third kappa shape index (κ3) is 4.13. The zero-order chi connectivity index (χ0) is 10.7. The molecule has 1 saturated heterocycles. The Bertz CT molecular complexity index is 237. The average molecular weight is 195 g/mol. The van der Waals surface area contributed by atoms with Crippen LogP contribution in [0.4, 0.5) is 0 Å². The summed E-state index contributed by atoms with van der Waals surface area (Å²) in [4.78, 5) is 0. The van der Waals surface area contributed by atoms with Gasteiger partial charge in [0.25, 0.3) is 0 Å². The summed E-state index contributed by atoms with van der Waals surface area (Å²) >= 11 is 0. The van der Waals surface area contributed by atoms with E-state index < -0.39 is 0 Å². The fraction of sp³-hybridized carbons (Fsp3) is 0.833. The van der Waals surface area contributed by atoms with E-state index in [4.69, 9.17) is 4.74 Å². The van der Waals surface area contributed by atoms with E-state index >= 15 is 0 Å². The van der Waals surface area contributed by atoms with Gasteiger partial charge >= 0.3 is 0 Å². The molecule has 2 heteroatoms. The van der Waals surface area contributed by atoms with Crippen molar-refractivity contribution in [1.29, 1.82) is 0 Å². The quantitative estimate of drug-likeness (QED) is 0.546. The molecule has 2 nitrogen and oxygen atoms in total. The minimum atomic E-state index is 0.116. The van der Waals surface area contributed by atoms with Gasteiger partial charge in [-0.15, -0.1) is 0 Å². The van der Waals surface area contributed by atoms with Gasteiger partial charge in [-0.3, -0.25) is 0 Å². The van der Waals surface area contributed by atoms with Crippen molar-refractivity contribution in [2.75, 3.05) is 26.3 Å². The van der Waals surface area contributed by atoms with Crippen LogP contribution in [0.15, 0.2) is 0 Å². The summed E-state index contributed by atoms with van der Waals surface area (Å²) in [7, 11) is 0. The van der Waals surface area contributed by atoms with Crippen molar-refractivity contribution in [3.63, 3.8) is 0 Å². The Morgan fingerprint density at radius 1 is 1.36 bits per heavy atom. The van der Waals surface area contributed by atoms with E-state index in [1.165, 1.54) is 0 Å². The van der Waals surface area contributed by atoms with Crippen LogP contribution >= 0.6 is 0 Å². The zero-order valence-corrected chi connectivity index (χ0v) is 9.74. The van der Waals surface area contributed by atoms with Crippen molar-refractivity contribution in [2.45, 2.75) is 27.7 Å². The molecule has 0 atom stereocenters. The lowest BCUT2D eigenvalue weighted by Crippen LogP contribution is -2.47. The van der Waals surface area contributed by atoms with Gasteiger partial charge in [0.05, 0.1) is 19.8 Å². The van der Waals surface area contributed by atoms with Gasteiger partial charge in [-0.25, -0.2) is 0 Å². The van der Waals surface area contributed by atoms with Crippen LogP contribution in [-0.2, 0) is 4.74 Å². The Morgan fingerprint density at radius 2 is 2.00 bits per heavy atom. The lowest BCUT2D eigenvalue weighted by Gasteiger charge is -2.38. The van der Waals surface area contributed by atoms with E-state index in [0.717, 1.165) is 26.3 Å². The predicted molar refractivity (Wildman–Crippen MR) is 59.0 cm³/mol. The molecule has 80 valence electrons. The molecule has 0 bridgehead atoms. The monoisotopic (exact) mass is 195 g/mol. The minimum absolute atomic E-state index is 0.116. The van der Waals surface area contributed by atoms with E-state index in [2.05, 4.69) is 44.9 Å². The lowest BCUT2D eigenvalue weighted by atomic mass is 9.89. The van der Waals surface area contributed by atoms with E-state index in [1.807, 2.05) is 0 Å². The predicted octanol–water partition coefficient (Wildman–Crippen LogP) is 1.66. The van der Waals surface area contributed by atoms with Crippen LogP contribution in [0.3, 0.4) is 0 Å². The highest BCUT2D eigenvalue weighted by atomic mass is 16.5. The maximum absolute atomic E-state index is 5.17. The van der Waals surface area contributed by atoms with Gasteiger partial charge < -0.3 is 10.1 Å². The van der Waals surface area contributed by atoms with Crippen LogP contribution in [0.25, 0.3) is 0 Å². The van der Waals surface area contributed by atoms with Crippen molar-refractivity contribution < 1.29 is 4.74 Å². The molecule has 1 N–H and O–H groups in total. The zero-order valence-electron chi connectivity index (χ0n) is 9.74. The lowest BCUT2D eigenvalue weighted by molar-refractivity contribution is -0.0985. The number of hydrogen-bond donors (Lipinski definition) is 1. The van der Waals surface area contributed by atoms with Crippen LogP contribution in [0, 0.1) is 22.7 Å². The Balaban J connectivity index is 2.12. The molecule has 1 aliphatic heterocycles. The van der Waals surface area contributed by atoms with E-state index in [9.17, 15) is 0 Å². The van der Waals surface area contributed by atoms with Gasteiger partial charge in [0.15, 0.2) is 0 Å². The smallest absolute Gasteiger partial charge is 0.0576 e. The summed E-state index contributed by atoms with van der Waals surface area (Å²) in [6.45, 7) is 12.2. The summed E-state index contributed by atoms with van der Waals surface area (Å²) in [6.07, 6.45) is 0. The minimum Gasteiger partial charge on any atom is -0.380 e. The van der Waals surface area contributed by atoms with Gasteiger partial charge in [0, 0.05) is 17.4 Å². The van der Waals surface area contributed by atoms with Gasteiger partial charge in [0.2, 0.25) is 0 Å². The van der Waals surface area contributed by atoms with Crippen molar-refractivity contribution in [2.24, 2.45) is 10.8 Å². The first kappa shape index (κ1) is 11.6. The van der Waals surface area contributed by atoms with Crippen LogP contribution in [-0.4, -0.2) is 26.3 Å². The summed E-state index contributed by atoms with van der Waals surface area (Å²) in [5.74, 6) is 6.34. The fourth-order valence-electron chi connectivity index (χ4n) is 1.29. The largest absolute Gasteiger partial charge is 0.380 e.